The van der Waals surface area contributed by atoms with Crippen molar-refractivity contribution in [2.24, 2.45) is 11.8 Å². The second-order valence-corrected chi connectivity index (χ2v) is 4.25. The van der Waals surface area contributed by atoms with E-state index in [1.54, 1.807) is 19.4 Å². The van der Waals surface area contributed by atoms with Gasteiger partial charge in [-0.25, -0.2) is 4.98 Å². The van der Waals surface area contributed by atoms with Gasteiger partial charge in [0.25, 0.3) is 0 Å². The number of hydrogen-bond donors (Lipinski definition) is 1. The average molecular weight is 220 g/mol. The highest BCUT2D eigenvalue weighted by molar-refractivity contribution is 5.81. The average Bonchev–Trinajstić information content (AvgIpc) is 3.04. The van der Waals surface area contributed by atoms with Crippen LogP contribution in [0.4, 0.5) is 0 Å². The summed E-state index contributed by atoms with van der Waals surface area (Å²) in [6.45, 7) is 2.64. The van der Waals surface area contributed by atoms with E-state index in [1.165, 1.54) is 0 Å². The molecule has 0 radical (unpaired) electrons. The molecule has 0 spiro atoms. The molecule has 0 saturated heterocycles. The molecule has 1 amide bonds. The van der Waals surface area contributed by atoms with Crippen molar-refractivity contribution in [3.05, 3.63) is 23.9 Å². The normalized spacial score (nSPS) is 22.6. The molecule has 0 aliphatic heterocycles. The summed E-state index contributed by atoms with van der Waals surface area (Å²) in [5.41, 5.74) is 0.988. The maximum absolute atomic E-state index is 11.6. The van der Waals surface area contributed by atoms with Gasteiger partial charge >= 0.3 is 0 Å². The Hall–Kier alpha value is -1.58. The highest BCUT2D eigenvalue weighted by atomic mass is 16.5. The zero-order valence-electron chi connectivity index (χ0n) is 9.56. The van der Waals surface area contributed by atoms with Crippen molar-refractivity contribution in [1.82, 2.24) is 10.3 Å². The second kappa shape index (κ2) is 4.51. The Morgan fingerprint density at radius 3 is 2.88 bits per heavy atom. The van der Waals surface area contributed by atoms with E-state index in [1.807, 2.05) is 6.07 Å². The maximum atomic E-state index is 11.6. The second-order valence-electron chi connectivity index (χ2n) is 4.25. The maximum Gasteiger partial charge on any atom is 0.223 e. The van der Waals surface area contributed by atoms with Gasteiger partial charge in [0.15, 0.2) is 0 Å². The molecular weight excluding hydrogens is 204 g/mol. The fourth-order valence-corrected chi connectivity index (χ4v) is 1.64. The number of nitrogens with zero attached hydrogens (tertiary/aromatic N) is 1. The third-order valence-electron chi connectivity index (χ3n) is 2.92. The van der Waals surface area contributed by atoms with Crippen molar-refractivity contribution in [1.29, 1.82) is 0 Å². The summed E-state index contributed by atoms with van der Waals surface area (Å²) in [5, 5.41) is 2.91. The molecule has 0 bridgehead atoms. The lowest BCUT2D eigenvalue weighted by Gasteiger charge is -2.05. The van der Waals surface area contributed by atoms with Gasteiger partial charge in [-0.2, -0.15) is 0 Å². The number of aromatic nitrogens is 1. The third kappa shape index (κ3) is 2.51. The third-order valence-corrected chi connectivity index (χ3v) is 2.92. The molecule has 16 heavy (non-hydrogen) atoms. The van der Waals surface area contributed by atoms with E-state index in [9.17, 15) is 4.79 Å². The van der Waals surface area contributed by atoms with Crippen LogP contribution in [-0.2, 0) is 11.3 Å². The lowest BCUT2D eigenvalue weighted by atomic mass is 10.2. The fraction of sp³-hybridized carbons (Fsp3) is 0.500. The van der Waals surface area contributed by atoms with Crippen LogP contribution in [0.5, 0.6) is 5.88 Å². The van der Waals surface area contributed by atoms with E-state index in [-0.39, 0.29) is 11.8 Å². The van der Waals surface area contributed by atoms with Crippen LogP contribution in [0.15, 0.2) is 18.3 Å². The van der Waals surface area contributed by atoms with Gasteiger partial charge in [0.1, 0.15) is 0 Å². The van der Waals surface area contributed by atoms with Gasteiger partial charge in [0.2, 0.25) is 11.8 Å². The quantitative estimate of drug-likeness (QED) is 0.833. The van der Waals surface area contributed by atoms with E-state index in [4.69, 9.17) is 4.74 Å². The summed E-state index contributed by atoms with van der Waals surface area (Å²) in [7, 11) is 1.58. The molecular formula is C12H16N2O2. The predicted molar refractivity (Wildman–Crippen MR) is 59.9 cm³/mol. The molecule has 0 aromatic carbocycles. The van der Waals surface area contributed by atoms with E-state index < -0.39 is 0 Å². The van der Waals surface area contributed by atoms with Crippen molar-refractivity contribution in [3.63, 3.8) is 0 Å². The topological polar surface area (TPSA) is 51.2 Å². The van der Waals surface area contributed by atoms with E-state index >= 15 is 0 Å². The minimum Gasteiger partial charge on any atom is -0.481 e. The molecule has 1 saturated carbocycles. The molecule has 4 heteroatoms. The smallest absolute Gasteiger partial charge is 0.223 e. The van der Waals surface area contributed by atoms with Crippen LogP contribution in [0.2, 0.25) is 0 Å². The zero-order chi connectivity index (χ0) is 11.5. The highest BCUT2D eigenvalue weighted by Gasteiger charge is 2.38. The van der Waals surface area contributed by atoms with Crippen LogP contribution in [0, 0.1) is 11.8 Å². The standard InChI is InChI=1S/C12H16N2O2/c1-8-5-10(8)12(15)14-7-9-3-4-11(16-2)13-6-9/h3-4,6,8,10H,5,7H2,1-2H3,(H,14,15)/t8-,10+/m1/s1. The Labute approximate surface area is 95.0 Å². The number of carbonyl (C=O) groups excluding carboxylic acids is 1. The summed E-state index contributed by atoms with van der Waals surface area (Å²) in [4.78, 5) is 15.6. The van der Waals surface area contributed by atoms with Crippen molar-refractivity contribution in [2.75, 3.05) is 7.11 Å². The summed E-state index contributed by atoms with van der Waals surface area (Å²) in [6.07, 6.45) is 2.74. The molecule has 1 aliphatic rings. The van der Waals surface area contributed by atoms with E-state index in [0.717, 1.165) is 12.0 Å². The lowest BCUT2D eigenvalue weighted by Crippen LogP contribution is -2.24. The number of pyridine rings is 1. The van der Waals surface area contributed by atoms with Crippen molar-refractivity contribution < 1.29 is 9.53 Å². The number of carbonyl (C=O) groups is 1. The van der Waals surface area contributed by atoms with Crippen molar-refractivity contribution in [3.8, 4) is 5.88 Å². The molecule has 1 heterocycles. The Bertz CT molecular complexity index is 375. The van der Waals surface area contributed by atoms with Crippen LogP contribution in [0.25, 0.3) is 0 Å². The predicted octanol–water partition coefficient (Wildman–Crippen LogP) is 1.36. The van der Waals surface area contributed by atoms with E-state index in [0.29, 0.717) is 18.3 Å². The van der Waals surface area contributed by atoms with Crippen LogP contribution in [0.3, 0.4) is 0 Å². The van der Waals surface area contributed by atoms with Gasteiger partial charge in [-0.3, -0.25) is 4.79 Å². The SMILES string of the molecule is COc1ccc(CNC(=O)[C@H]2C[C@H]2C)cn1. The molecule has 1 aromatic heterocycles. The highest BCUT2D eigenvalue weighted by Crippen LogP contribution is 2.37. The van der Waals surface area contributed by atoms with Gasteiger partial charge in [0.05, 0.1) is 7.11 Å². The summed E-state index contributed by atoms with van der Waals surface area (Å²) in [5.74, 6) is 1.52. The first-order valence-electron chi connectivity index (χ1n) is 5.47. The number of methoxy groups -OCH3 is 1. The number of hydrogen-bond acceptors (Lipinski definition) is 3. The number of ether oxygens (including phenoxy) is 1. The Morgan fingerprint density at radius 2 is 2.38 bits per heavy atom. The van der Waals surface area contributed by atoms with Crippen LogP contribution in [-0.4, -0.2) is 18.0 Å². The molecule has 86 valence electrons. The van der Waals surface area contributed by atoms with Crippen LogP contribution >= 0.6 is 0 Å². The number of nitrogens with one attached hydrogen (secondary N) is 1. The number of rotatable bonds is 4. The summed E-state index contributed by atoms with van der Waals surface area (Å²) in [6, 6.07) is 3.70. The van der Waals surface area contributed by atoms with Crippen LogP contribution < -0.4 is 10.1 Å². The van der Waals surface area contributed by atoms with Gasteiger partial charge < -0.3 is 10.1 Å². The first-order chi connectivity index (χ1) is 7.70. The first-order valence-corrected chi connectivity index (χ1v) is 5.47. The van der Waals surface area contributed by atoms with Gasteiger partial charge in [0, 0.05) is 24.7 Å². The first kappa shape index (κ1) is 10.9. The lowest BCUT2D eigenvalue weighted by molar-refractivity contribution is -0.122. The van der Waals surface area contributed by atoms with Crippen molar-refractivity contribution in [2.45, 2.75) is 19.9 Å². The summed E-state index contributed by atoms with van der Waals surface area (Å²) < 4.78 is 4.96. The minimum absolute atomic E-state index is 0.156. The van der Waals surface area contributed by atoms with E-state index in [2.05, 4.69) is 17.2 Å². The number of amides is 1. The largest absolute Gasteiger partial charge is 0.481 e. The zero-order valence-corrected chi connectivity index (χ0v) is 9.56. The molecule has 2 atom stereocenters. The Balaban J connectivity index is 1.82. The Kier molecular flexibility index (Phi) is 3.08. The molecule has 1 aromatic rings. The minimum atomic E-state index is 0.156. The van der Waals surface area contributed by atoms with Gasteiger partial charge in [-0.05, 0) is 17.9 Å². The Morgan fingerprint density at radius 1 is 1.62 bits per heavy atom. The summed E-state index contributed by atoms with van der Waals surface area (Å²) >= 11 is 0. The van der Waals surface area contributed by atoms with Crippen LogP contribution in [0.1, 0.15) is 18.9 Å². The molecule has 1 N–H and O–H groups in total. The monoisotopic (exact) mass is 220 g/mol. The molecule has 1 fully saturated rings. The van der Waals surface area contributed by atoms with Gasteiger partial charge in [-0.15, -0.1) is 0 Å². The molecule has 0 unspecified atom stereocenters. The van der Waals surface area contributed by atoms with Crippen molar-refractivity contribution >= 4 is 5.91 Å². The van der Waals surface area contributed by atoms with Gasteiger partial charge in [-0.1, -0.05) is 13.0 Å². The molecule has 1 aliphatic carbocycles. The molecule has 4 nitrogen and oxygen atoms in total. The fourth-order valence-electron chi connectivity index (χ4n) is 1.64. The molecule has 2 rings (SSSR count).